The maximum Gasteiger partial charge on any atom is 0.321 e. The minimum Gasteiger partial charge on any atom is -0.368 e. The maximum absolute atomic E-state index is 14.1. The van der Waals surface area contributed by atoms with Crippen LogP contribution in [-0.2, 0) is 4.79 Å². The Labute approximate surface area is 228 Å². The van der Waals surface area contributed by atoms with Crippen molar-refractivity contribution in [3.05, 3.63) is 89.7 Å². The van der Waals surface area contributed by atoms with Gasteiger partial charge in [0, 0.05) is 49.3 Å². The fourth-order valence-electron chi connectivity index (χ4n) is 4.40. The average molecular weight is 532 g/mol. The highest BCUT2D eigenvalue weighted by Gasteiger charge is 2.24. The van der Waals surface area contributed by atoms with Gasteiger partial charge in [-0.25, -0.2) is 9.18 Å². The van der Waals surface area contributed by atoms with Gasteiger partial charge < -0.3 is 25.3 Å². The molecule has 1 heterocycles. The number of hydrogen-bond donors (Lipinski definition) is 2. The summed E-state index contributed by atoms with van der Waals surface area (Å²) in [4.78, 5) is 43.5. The summed E-state index contributed by atoms with van der Waals surface area (Å²) in [6.07, 6.45) is 0. The van der Waals surface area contributed by atoms with Crippen LogP contribution < -0.4 is 15.5 Å². The van der Waals surface area contributed by atoms with E-state index in [0.717, 1.165) is 16.9 Å². The number of nitrogens with one attached hydrogen (secondary N) is 2. The summed E-state index contributed by atoms with van der Waals surface area (Å²) < 4.78 is 14.1. The molecule has 1 saturated heterocycles. The Balaban J connectivity index is 1.28. The van der Waals surface area contributed by atoms with E-state index in [4.69, 9.17) is 0 Å². The third-order valence-corrected chi connectivity index (χ3v) is 6.69. The zero-order valence-corrected chi connectivity index (χ0v) is 22.5. The standard InChI is InChI=1S/C30H34FN5O3/c1-21(2)36(29(38)26-6-4-5-7-27(26)31)20-28(37)32-23-12-14-25(15-13-23)34-16-18-35(19-17-34)30(39)33-24-10-8-22(3)9-11-24/h4-15,21H,16-20H2,1-3H3,(H,32,37)(H,33,39). The number of aryl methyl sites for hydroxylation is 1. The van der Waals surface area contributed by atoms with Gasteiger partial charge in [0.1, 0.15) is 12.4 Å². The third kappa shape index (κ3) is 7.13. The summed E-state index contributed by atoms with van der Waals surface area (Å²) in [5, 5.41) is 5.76. The van der Waals surface area contributed by atoms with E-state index >= 15 is 0 Å². The van der Waals surface area contributed by atoms with Gasteiger partial charge in [0.15, 0.2) is 0 Å². The van der Waals surface area contributed by atoms with Crippen molar-refractivity contribution in [1.82, 2.24) is 9.80 Å². The van der Waals surface area contributed by atoms with Crippen LogP contribution in [0.1, 0.15) is 29.8 Å². The number of piperazine rings is 1. The van der Waals surface area contributed by atoms with Gasteiger partial charge in [-0.15, -0.1) is 0 Å². The van der Waals surface area contributed by atoms with E-state index in [2.05, 4.69) is 15.5 Å². The lowest BCUT2D eigenvalue weighted by atomic mass is 10.1. The normalized spacial score (nSPS) is 13.3. The van der Waals surface area contributed by atoms with Gasteiger partial charge in [-0.2, -0.15) is 0 Å². The van der Waals surface area contributed by atoms with Gasteiger partial charge in [0.25, 0.3) is 5.91 Å². The summed E-state index contributed by atoms with van der Waals surface area (Å²) in [5.74, 6) is -1.51. The molecule has 1 fully saturated rings. The van der Waals surface area contributed by atoms with E-state index in [-0.39, 0.29) is 30.1 Å². The molecule has 1 aliphatic heterocycles. The van der Waals surface area contributed by atoms with Gasteiger partial charge >= 0.3 is 6.03 Å². The fourth-order valence-corrected chi connectivity index (χ4v) is 4.40. The molecule has 0 bridgehead atoms. The lowest BCUT2D eigenvalue weighted by Crippen LogP contribution is -2.50. The molecule has 39 heavy (non-hydrogen) atoms. The van der Waals surface area contributed by atoms with Crippen molar-refractivity contribution in [3.8, 4) is 0 Å². The first-order valence-electron chi connectivity index (χ1n) is 13.0. The average Bonchev–Trinajstić information content (AvgIpc) is 2.93. The maximum atomic E-state index is 14.1. The Hall–Kier alpha value is -4.40. The van der Waals surface area contributed by atoms with Gasteiger partial charge in [0.2, 0.25) is 5.91 Å². The van der Waals surface area contributed by atoms with Gasteiger partial charge in [0.05, 0.1) is 5.56 Å². The number of carbonyl (C=O) groups is 3. The SMILES string of the molecule is Cc1ccc(NC(=O)N2CCN(c3ccc(NC(=O)CN(C(=O)c4ccccc4F)C(C)C)cc3)CC2)cc1. The van der Waals surface area contributed by atoms with E-state index in [0.29, 0.717) is 31.9 Å². The number of amides is 4. The highest BCUT2D eigenvalue weighted by Crippen LogP contribution is 2.21. The summed E-state index contributed by atoms with van der Waals surface area (Å²) in [6.45, 7) is 7.94. The molecule has 4 rings (SSSR count). The number of halogens is 1. The number of rotatable bonds is 7. The smallest absolute Gasteiger partial charge is 0.321 e. The lowest BCUT2D eigenvalue weighted by molar-refractivity contribution is -0.117. The van der Waals surface area contributed by atoms with Crippen molar-refractivity contribution < 1.29 is 18.8 Å². The van der Waals surface area contributed by atoms with Crippen molar-refractivity contribution in [3.63, 3.8) is 0 Å². The fraction of sp³-hybridized carbons (Fsp3) is 0.300. The molecular weight excluding hydrogens is 497 g/mol. The predicted octanol–water partition coefficient (Wildman–Crippen LogP) is 4.98. The molecule has 0 atom stereocenters. The minimum atomic E-state index is -0.614. The highest BCUT2D eigenvalue weighted by atomic mass is 19.1. The molecule has 3 aromatic rings. The highest BCUT2D eigenvalue weighted by molar-refractivity contribution is 5.99. The van der Waals surface area contributed by atoms with Gasteiger partial charge in [-0.1, -0.05) is 29.8 Å². The minimum absolute atomic E-state index is 0.0592. The van der Waals surface area contributed by atoms with Gasteiger partial charge in [-0.3, -0.25) is 9.59 Å². The van der Waals surface area contributed by atoms with Crippen molar-refractivity contribution >= 4 is 34.9 Å². The van der Waals surface area contributed by atoms with Crippen molar-refractivity contribution in [2.75, 3.05) is 48.3 Å². The second-order valence-corrected chi connectivity index (χ2v) is 9.87. The van der Waals surface area contributed by atoms with Crippen LogP contribution in [0.25, 0.3) is 0 Å². The van der Waals surface area contributed by atoms with E-state index in [1.807, 2.05) is 55.5 Å². The predicted molar refractivity (Wildman–Crippen MR) is 152 cm³/mol. The van der Waals surface area contributed by atoms with E-state index < -0.39 is 11.7 Å². The second-order valence-electron chi connectivity index (χ2n) is 9.87. The van der Waals surface area contributed by atoms with Crippen LogP contribution >= 0.6 is 0 Å². The quantitative estimate of drug-likeness (QED) is 0.451. The Kier molecular flexibility index (Phi) is 8.81. The molecule has 3 aromatic carbocycles. The molecule has 0 aromatic heterocycles. The molecule has 0 radical (unpaired) electrons. The summed E-state index contributed by atoms with van der Waals surface area (Å²) in [6, 6.07) is 20.5. The Bertz CT molecular complexity index is 1300. The van der Waals surface area contributed by atoms with Crippen LogP contribution in [0.3, 0.4) is 0 Å². The number of urea groups is 1. The molecule has 4 amide bonds. The van der Waals surface area contributed by atoms with E-state index in [9.17, 15) is 18.8 Å². The molecule has 8 nitrogen and oxygen atoms in total. The number of hydrogen-bond acceptors (Lipinski definition) is 4. The van der Waals surface area contributed by atoms with E-state index in [1.165, 1.54) is 23.1 Å². The third-order valence-electron chi connectivity index (χ3n) is 6.69. The number of anilines is 3. The van der Waals surface area contributed by atoms with E-state index in [1.54, 1.807) is 24.8 Å². The Morgan fingerprint density at radius 1 is 0.846 bits per heavy atom. The first-order valence-corrected chi connectivity index (χ1v) is 13.0. The zero-order chi connectivity index (χ0) is 27.9. The number of nitrogens with zero attached hydrogens (tertiary/aromatic N) is 3. The zero-order valence-electron chi connectivity index (χ0n) is 22.5. The molecule has 0 spiro atoms. The number of benzene rings is 3. The summed E-state index contributed by atoms with van der Waals surface area (Å²) >= 11 is 0. The van der Waals surface area contributed by atoms with Crippen LogP contribution in [0.4, 0.5) is 26.2 Å². The van der Waals surface area contributed by atoms with Crippen molar-refractivity contribution in [1.29, 1.82) is 0 Å². The summed E-state index contributed by atoms with van der Waals surface area (Å²) in [5.41, 5.74) is 3.45. The molecule has 0 saturated carbocycles. The van der Waals surface area contributed by atoms with Crippen molar-refractivity contribution in [2.45, 2.75) is 26.8 Å². The molecule has 1 aliphatic rings. The first kappa shape index (κ1) is 27.6. The first-order chi connectivity index (χ1) is 18.7. The van der Waals surface area contributed by atoms with Gasteiger partial charge in [-0.05, 0) is 69.3 Å². The Morgan fingerprint density at radius 3 is 2.05 bits per heavy atom. The number of carbonyl (C=O) groups excluding carboxylic acids is 3. The Morgan fingerprint density at radius 2 is 1.44 bits per heavy atom. The topological polar surface area (TPSA) is 85.0 Å². The van der Waals surface area contributed by atoms with Crippen LogP contribution in [-0.4, -0.2) is 66.4 Å². The molecule has 9 heteroatoms. The summed E-state index contributed by atoms with van der Waals surface area (Å²) in [7, 11) is 0. The van der Waals surface area contributed by atoms with Crippen molar-refractivity contribution in [2.24, 2.45) is 0 Å². The molecule has 0 aliphatic carbocycles. The second kappa shape index (κ2) is 12.4. The van der Waals surface area contributed by atoms with Crippen LogP contribution in [0, 0.1) is 12.7 Å². The largest absolute Gasteiger partial charge is 0.368 e. The molecule has 204 valence electrons. The molecule has 2 N–H and O–H groups in total. The lowest BCUT2D eigenvalue weighted by Gasteiger charge is -2.36. The van der Waals surface area contributed by atoms with Crippen LogP contribution in [0.15, 0.2) is 72.8 Å². The van der Waals surface area contributed by atoms with Crippen LogP contribution in [0.5, 0.6) is 0 Å². The molecule has 0 unspecified atom stereocenters. The molecular formula is C30H34FN5O3. The van der Waals surface area contributed by atoms with Crippen LogP contribution in [0.2, 0.25) is 0 Å². The monoisotopic (exact) mass is 531 g/mol.